The van der Waals surface area contributed by atoms with Crippen LogP contribution in [0, 0.1) is 10.1 Å². The molecule has 1 aromatic carbocycles. The van der Waals surface area contributed by atoms with Gasteiger partial charge in [-0.3, -0.25) is 10.1 Å². The Balaban J connectivity index is 2.65. The van der Waals surface area contributed by atoms with E-state index in [0.717, 1.165) is 5.69 Å². The van der Waals surface area contributed by atoms with Crippen LogP contribution in [0.25, 0.3) is 0 Å². The third kappa shape index (κ3) is 3.89. The topological polar surface area (TPSA) is 84.6 Å². The van der Waals surface area contributed by atoms with E-state index in [0.29, 0.717) is 19.4 Å². The van der Waals surface area contributed by atoms with Crippen molar-refractivity contribution in [3.05, 3.63) is 28.3 Å². The van der Waals surface area contributed by atoms with Gasteiger partial charge in [0.1, 0.15) is 0 Å². The molecule has 0 fully saturated rings. The molecule has 0 saturated heterocycles. The highest BCUT2D eigenvalue weighted by Crippen LogP contribution is 2.29. The summed E-state index contributed by atoms with van der Waals surface area (Å²) in [5.74, 6) is 0.223. The van der Waals surface area contributed by atoms with Gasteiger partial charge in [-0.1, -0.05) is 6.92 Å². The van der Waals surface area contributed by atoms with Gasteiger partial charge >= 0.3 is 5.69 Å². The summed E-state index contributed by atoms with van der Waals surface area (Å²) in [7, 11) is 1.40. The maximum absolute atomic E-state index is 10.7. The third-order valence-corrected chi connectivity index (χ3v) is 2.65. The molecule has 0 amide bonds. The lowest BCUT2D eigenvalue weighted by Crippen LogP contribution is -2.12. The smallest absolute Gasteiger partial charge is 0.311 e. The zero-order chi connectivity index (χ0) is 13.5. The standard InChI is InChI=1S/C12H18N2O4/c1-3-10(15)6-7-13-9-4-5-11(14(16)17)12(8-9)18-2/h4-5,8,10,13,15H,3,6-7H2,1-2H3. The van der Waals surface area contributed by atoms with Gasteiger partial charge in [-0.2, -0.15) is 0 Å². The Morgan fingerprint density at radius 1 is 1.56 bits per heavy atom. The molecule has 0 bridgehead atoms. The molecular weight excluding hydrogens is 236 g/mol. The fraction of sp³-hybridized carbons (Fsp3) is 0.500. The number of benzene rings is 1. The van der Waals surface area contributed by atoms with E-state index in [-0.39, 0.29) is 17.5 Å². The zero-order valence-corrected chi connectivity index (χ0v) is 10.5. The molecule has 0 aliphatic rings. The number of nitro benzene ring substituents is 1. The normalized spacial score (nSPS) is 11.9. The van der Waals surface area contributed by atoms with Gasteiger partial charge in [0.25, 0.3) is 0 Å². The molecule has 6 heteroatoms. The molecule has 0 heterocycles. The fourth-order valence-electron chi connectivity index (χ4n) is 1.53. The molecule has 1 aromatic rings. The lowest BCUT2D eigenvalue weighted by atomic mass is 10.2. The van der Waals surface area contributed by atoms with E-state index in [1.165, 1.54) is 13.2 Å². The predicted octanol–water partition coefficient (Wildman–Crippen LogP) is 2.18. The summed E-state index contributed by atoms with van der Waals surface area (Å²) in [5, 5.41) is 23.2. The Bertz CT molecular complexity index is 409. The van der Waals surface area contributed by atoms with Crippen LogP contribution >= 0.6 is 0 Å². The van der Waals surface area contributed by atoms with Gasteiger partial charge in [0.15, 0.2) is 5.75 Å². The second kappa shape index (κ2) is 6.80. The molecule has 0 saturated carbocycles. The number of ether oxygens (including phenoxy) is 1. The Kier molecular flexibility index (Phi) is 5.38. The molecule has 0 aromatic heterocycles. The highest BCUT2D eigenvalue weighted by molar-refractivity contribution is 5.57. The summed E-state index contributed by atoms with van der Waals surface area (Å²) in [6, 6.07) is 4.60. The van der Waals surface area contributed by atoms with Crippen LogP contribution in [0.3, 0.4) is 0 Å². The number of nitrogens with zero attached hydrogens (tertiary/aromatic N) is 1. The number of anilines is 1. The summed E-state index contributed by atoms with van der Waals surface area (Å²) in [4.78, 5) is 10.2. The number of nitrogens with one attached hydrogen (secondary N) is 1. The van der Waals surface area contributed by atoms with Gasteiger partial charge in [0, 0.05) is 24.4 Å². The number of methoxy groups -OCH3 is 1. The first kappa shape index (κ1) is 14.2. The van der Waals surface area contributed by atoms with Crippen molar-refractivity contribution in [3.63, 3.8) is 0 Å². The van der Waals surface area contributed by atoms with E-state index in [4.69, 9.17) is 4.74 Å². The summed E-state index contributed by atoms with van der Waals surface area (Å²) in [6.45, 7) is 2.52. The van der Waals surface area contributed by atoms with Crippen LogP contribution in [0.15, 0.2) is 18.2 Å². The predicted molar refractivity (Wildman–Crippen MR) is 69.1 cm³/mol. The van der Waals surface area contributed by atoms with E-state index in [1.807, 2.05) is 6.92 Å². The molecular formula is C12H18N2O4. The number of hydrogen-bond donors (Lipinski definition) is 2. The van der Waals surface area contributed by atoms with Gasteiger partial charge in [0.2, 0.25) is 0 Å². The van der Waals surface area contributed by atoms with E-state index >= 15 is 0 Å². The van der Waals surface area contributed by atoms with Gasteiger partial charge < -0.3 is 15.2 Å². The largest absolute Gasteiger partial charge is 0.490 e. The molecule has 1 rings (SSSR count). The number of nitro groups is 1. The summed E-state index contributed by atoms with van der Waals surface area (Å²) >= 11 is 0. The van der Waals surface area contributed by atoms with Crippen LogP contribution in [0.4, 0.5) is 11.4 Å². The Hall–Kier alpha value is -1.82. The number of rotatable bonds is 7. The van der Waals surface area contributed by atoms with E-state index in [1.54, 1.807) is 12.1 Å². The molecule has 18 heavy (non-hydrogen) atoms. The SMILES string of the molecule is CCC(O)CCNc1ccc([N+](=O)[O-])c(OC)c1. The highest BCUT2D eigenvalue weighted by Gasteiger charge is 2.14. The summed E-state index contributed by atoms with van der Waals surface area (Å²) in [5.41, 5.74) is 0.678. The average Bonchev–Trinajstić information content (AvgIpc) is 2.37. The zero-order valence-electron chi connectivity index (χ0n) is 10.5. The Morgan fingerprint density at radius 3 is 2.83 bits per heavy atom. The van der Waals surface area contributed by atoms with Crippen molar-refractivity contribution in [2.45, 2.75) is 25.9 Å². The highest BCUT2D eigenvalue weighted by atomic mass is 16.6. The minimum absolute atomic E-state index is 0.0587. The van der Waals surface area contributed by atoms with Gasteiger partial charge in [-0.25, -0.2) is 0 Å². The third-order valence-electron chi connectivity index (χ3n) is 2.65. The second-order valence-corrected chi connectivity index (χ2v) is 3.92. The molecule has 0 radical (unpaired) electrons. The van der Waals surface area contributed by atoms with Gasteiger partial charge in [0.05, 0.1) is 18.1 Å². The van der Waals surface area contributed by atoms with Crippen molar-refractivity contribution in [1.29, 1.82) is 0 Å². The van der Waals surface area contributed by atoms with E-state index < -0.39 is 4.92 Å². The first-order valence-corrected chi connectivity index (χ1v) is 5.82. The summed E-state index contributed by atoms with van der Waals surface area (Å²) < 4.78 is 4.96. The van der Waals surface area contributed by atoms with Crippen molar-refractivity contribution in [3.8, 4) is 5.75 Å². The first-order chi connectivity index (χ1) is 8.58. The molecule has 6 nitrogen and oxygen atoms in total. The first-order valence-electron chi connectivity index (χ1n) is 5.82. The molecule has 100 valence electrons. The monoisotopic (exact) mass is 254 g/mol. The minimum Gasteiger partial charge on any atom is -0.490 e. The maximum Gasteiger partial charge on any atom is 0.311 e. The van der Waals surface area contributed by atoms with Crippen molar-refractivity contribution < 1.29 is 14.8 Å². The van der Waals surface area contributed by atoms with Crippen LogP contribution in [0.2, 0.25) is 0 Å². The summed E-state index contributed by atoms with van der Waals surface area (Å²) in [6.07, 6.45) is 1.03. The minimum atomic E-state index is -0.483. The van der Waals surface area contributed by atoms with Crippen molar-refractivity contribution >= 4 is 11.4 Å². The number of hydrogen-bond acceptors (Lipinski definition) is 5. The average molecular weight is 254 g/mol. The molecule has 0 spiro atoms. The molecule has 1 atom stereocenters. The van der Waals surface area contributed by atoms with E-state index in [2.05, 4.69) is 5.32 Å². The van der Waals surface area contributed by atoms with Crippen LogP contribution in [0.1, 0.15) is 19.8 Å². The van der Waals surface area contributed by atoms with Crippen molar-refractivity contribution in [1.82, 2.24) is 0 Å². The molecule has 0 aliphatic heterocycles. The second-order valence-electron chi connectivity index (χ2n) is 3.92. The van der Waals surface area contributed by atoms with Crippen LogP contribution in [-0.2, 0) is 0 Å². The van der Waals surface area contributed by atoms with Gasteiger partial charge in [-0.15, -0.1) is 0 Å². The van der Waals surface area contributed by atoms with Crippen LogP contribution < -0.4 is 10.1 Å². The van der Waals surface area contributed by atoms with Crippen LogP contribution in [-0.4, -0.2) is 29.8 Å². The van der Waals surface area contributed by atoms with Gasteiger partial charge in [-0.05, 0) is 18.9 Å². The molecule has 2 N–H and O–H groups in total. The van der Waals surface area contributed by atoms with Crippen molar-refractivity contribution in [2.75, 3.05) is 19.0 Å². The Morgan fingerprint density at radius 2 is 2.28 bits per heavy atom. The lowest BCUT2D eigenvalue weighted by Gasteiger charge is -2.10. The maximum atomic E-state index is 10.7. The molecule has 1 unspecified atom stereocenters. The fourth-order valence-corrected chi connectivity index (χ4v) is 1.53. The number of aliphatic hydroxyl groups excluding tert-OH is 1. The van der Waals surface area contributed by atoms with E-state index in [9.17, 15) is 15.2 Å². The van der Waals surface area contributed by atoms with Crippen LogP contribution in [0.5, 0.6) is 5.75 Å². The molecule has 0 aliphatic carbocycles. The van der Waals surface area contributed by atoms with Crippen molar-refractivity contribution in [2.24, 2.45) is 0 Å². The quantitative estimate of drug-likeness (QED) is 0.575. The lowest BCUT2D eigenvalue weighted by molar-refractivity contribution is -0.385. The number of aliphatic hydroxyl groups is 1. The Labute approximate surface area is 106 Å².